The Kier molecular flexibility index (Phi) is 4.69. The first-order chi connectivity index (χ1) is 10.2. The number of morpholine rings is 1. The van der Waals surface area contributed by atoms with Crippen molar-refractivity contribution < 1.29 is 9.53 Å². The molecule has 3 fully saturated rings. The fourth-order valence-electron chi connectivity index (χ4n) is 3.41. The van der Waals surface area contributed by atoms with Gasteiger partial charge in [-0.15, -0.1) is 0 Å². The monoisotopic (exact) mass is 295 g/mol. The van der Waals surface area contributed by atoms with Crippen LogP contribution < -0.4 is 5.32 Å². The van der Waals surface area contributed by atoms with Crippen LogP contribution in [-0.4, -0.2) is 66.8 Å². The van der Waals surface area contributed by atoms with Crippen molar-refractivity contribution in [3.05, 3.63) is 0 Å². The summed E-state index contributed by atoms with van der Waals surface area (Å²) in [6.45, 7) is 8.34. The van der Waals surface area contributed by atoms with Gasteiger partial charge in [-0.25, -0.2) is 4.79 Å². The second-order valence-electron chi connectivity index (χ2n) is 6.97. The predicted octanol–water partition coefficient (Wildman–Crippen LogP) is 1.68. The molecule has 1 N–H and O–H groups in total. The van der Waals surface area contributed by atoms with E-state index in [9.17, 15) is 4.79 Å². The van der Waals surface area contributed by atoms with Gasteiger partial charge >= 0.3 is 6.03 Å². The van der Waals surface area contributed by atoms with Gasteiger partial charge in [-0.3, -0.25) is 4.90 Å². The van der Waals surface area contributed by atoms with Crippen molar-refractivity contribution in [1.82, 2.24) is 15.1 Å². The van der Waals surface area contributed by atoms with E-state index in [2.05, 4.69) is 24.1 Å². The molecule has 2 amide bonds. The van der Waals surface area contributed by atoms with Crippen LogP contribution in [0.5, 0.6) is 0 Å². The zero-order valence-corrected chi connectivity index (χ0v) is 13.4. The molecule has 21 heavy (non-hydrogen) atoms. The third kappa shape index (κ3) is 3.89. The molecule has 0 unspecified atom stereocenters. The highest BCUT2D eigenvalue weighted by Crippen LogP contribution is 2.36. The average Bonchev–Trinajstić information content (AvgIpc) is 3.36. The molecule has 1 aliphatic heterocycles. The van der Waals surface area contributed by atoms with E-state index >= 15 is 0 Å². The quantitative estimate of drug-likeness (QED) is 0.811. The average molecular weight is 295 g/mol. The molecule has 0 bridgehead atoms. The van der Waals surface area contributed by atoms with Gasteiger partial charge in [-0.1, -0.05) is 0 Å². The molecule has 3 aliphatic rings. The molecule has 5 nitrogen and oxygen atoms in total. The van der Waals surface area contributed by atoms with Crippen LogP contribution in [0.15, 0.2) is 0 Å². The SMILES string of the molecule is CC(C)N(CCNC(=O)N1CCOC[C@H]1C1CC1)C1CC1. The van der Waals surface area contributed by atoms with Crippen LogP contribution in [0, 0.1) is 5.92 Å². The molecule has 0 radical (unpaired) electrons. The molecule has 0 aromatic carbocycles. The van der Waals surface area contributed by atoms with Crippen molar-refractivity contribution in [3.63, 3.8) is 0 Å². The van der Waals surface area contributed by atoms with Gasteiger partial charge in [-0.05, 0) is 45.4 Å². The molecule has 120 valence electrons. The van der Waals surface area contributed by atoms with Crippen molar-refractivity contribution in [2.45, 2.75) is 57.7 Å². The highest BCUT2D eigenvalue weighted by Gasteiger charge is 2.39. The Balaban J connectivity index is 1.44. The molecule has 5 heteroatoms. The number of urea groups is 1. The Hall–Kier alpha value is -0.810. The first kappa shape index (κ1) is 15.1. The van der Waals surface area contributed by atoms with E-state index in [1.807, 2.05) is 4.90 Å². The largest absolute Gasteiger partial charge is 0.377 e. The molecule has 2 saturated carbocycles. The van der Waals surface area contributed by atoms with Crippen LogP contribution >= 0.6 is 0 Å². The number of hydrogen-bond acceptors (Lipinski definition) is 3. The van der Waals surface area contributed by atoms with Crippen molar-refractivity contribution >= 4 is 6.03 Å². The highest BCUT2D eigenvalue weighted by atomic mass is 16.5. The van der Waals surface area contributed by atoms with Crippen LogP contribution in [-0.2, 0) is 4.74 Å². The topological polar surface area (TPSA) is 44.8 Å². The standard InChI is InChI=1S/C16H29N3O2/c1-12(2)18(14-5-6-14)8-7-17-16(20)19-9-10-21-11-15(19)13-3-4-13/h12-15H,3-11H2,1-2H3,(H,17,20)/t15-/m0/s1. The van der Waals surface area contributed by atoms with Crippen molar-refractivity contribution in [2.24, 2.45) is 5.92 Å². The minimum Gasteiger partial charge on any atom is -0.377 e. The molecule has 0 spiro atoms. The Morgan fingerprint density at radius 3 is 2.71 bits per heavy atom. The summed E-state index contributed by atoms with van der Waals surface area (Å²) in [5.74, 6) is 0.676. The Morgan fingerprint density at radius 2 is 2.10 bits per heavy atom. The minimum atomic E-state index is 0.106. The first-order valence-corrected chi connectivity index (χ1v) is 8.54. The van der Waals surface area contributed by atoms with Crippen LogP contribution in [0.2, 0.25) is 0 Å². The normalized spacial score (nSPS) is 26.5. The number of nitrogens with one attached hydrogen (secondary N) is 1. The third-order valence-corrected chi connectivity index (χ3v) is 4.92. The van der Waals surface area contributed by atoms with E-state index in [0.29, 0.717) is 24.6 Å². The lowest BCUT2D eigenvalue weighted by Gasteiger charge is -2.36. The smallest absolute Gasteiger partial charge is 0.317 e. The summed E-state index contributed by atoms with van der Waals surface area (Å²) in [6.07, 6.45) is 5.14. The minimum absolute atomic E-state index is 0.106. The molecular formula is C16H29N3O2. The summed E-state index contributed by atoms with van der Waals surface area (Å²) in [5, 5.41) is 3.12. The van der Waals surface area contributed by atoms with E-state index in [1.54, 1.807) is 0 Å². The van der Waals surface area contributed by atoms with Gasteiger partial charge < -0.3 is 15.0 Å². The maximum atomic E-state index is 12.4. The van der Waals surface area contributed by atoms with Crippen molar-refractivity contribution in [2.75, 3.05) is 32.8 Å². The maximum Gasteiger partial charge on any atom is 0.317 e. The zero-order valence-electron chi connectivity index (χ0n) is 13.4. The van der Waals surface area contributed by atoms with Gasteiger partial charge in [0.05, 0.1) is 19.3 Å². The Labute approximate surface area is 128 Å². The van der Waals surface area contributed by atoms with Crippen molar-refractivity contribution in [1.29, 1.82) is 0 Å². The fraction of sp³-hybridized carbons (Fsp3) is 0.938. The van der Waals surface area contributed by atoms with Gasteiger partial charge in [0.25, 0.3) is 0 Å². The summed E-state index contributed by atoms with van der Waals surface area (Å²) >= 11 is 0. The van der Waals surface area contributed by atoms with Crippen LogP contribution in [0.4, 0.5) is 4.79 Å². The number of hydrogen-bond donors (Lipinski definition) is 1. The number of carbonyl (C=O) groups excluding carboxylic acids is 1. The van der Waals surface area contributed by atoms with Crippen molar-refractivity contribution in [3.8, 4) is 0 Å². The highest BCUT2D eigenvalue weighted by molar-refractivity contribution is 5.74. The molecule has 2 aliphatic carbocycles. The van der Waals surface area contributed by atoms with Gasteiger partial charge in [0.15, 0.2) is 0 Å². The summed E-state index contributed by atoms with van der Waals surface area (Å²) < 4.78 is 5.55. The lowest BCUT2D eigenvalue weighted by Crippen LogP contribution is -2.54. The Morgan fingerprint density at radius 1 is 1.33 bits per heavy atom. The van der Waals surface area contributed by atoms with E-state index in [1.165, 1.54) is 25.7 Å². The lowest BCUT2D eigenvalue weighted by molar-refractivity contribution is 0.00458. The van der Waals surface area contributed by atoms with Gasteiger partial charge in [0.2, 0.25) is 0 Å². The third-order valence-electron chi connectivity index (χ3n) is 4.92. The van der Waals surface area contributed by atoms with Gasteiger partial charge in [0.1, 0.15) is 0 Å². The van der Waals surface area contributed by atoms with Gasteiger partial charge in [0, 0.05) is 31.7 Å². The van der Waals surface area contributed by atoms with E-state index < -0.39 is 0 Å². The summed E-state index contributed by atoms with van der Waals surface area (Å²) in [4.78, 5) is 16.9. The van der Waals surface area contributed by atoms with Gasteiger partial charge in [-0.2, -0.15) is 0 Å². The summed E-state index contributed by atoms with van der Waals surface area (Å²) in [7, 11) is 0. The van der Waals surface area contributed by atoms with Crippen LogP contribution in [0.1, 0.15) is 39.5 Å². The molecule has 1 saturated heterocycles. The molecule has 0 aromatic rings. The van der Waals surface area contributed by atoms with E-state index in [0.717, 1.165) is 32.3 Å². The van der Waals surface area contributed by atoms with Crippen LogP contribution in [0.3, 0.4) is 0 Å². The molecule has 3 rings (SSSR count). The maximum absolute atomic E-state index is 12.4. The second kappa shape index (κ2) is 6.53. The molecular weight excluding hydrogens is 266 g/mol. The number of nitrogens with zero attached hydrogens (tertiary/aromatic N) is 2. The predicted molar refractivity (Wildman–Crippen MR) is 82.3 cm³/mol. The Bertz CT molecular complexity index is 365. The molecule has 1 heterocycles. The lowest BCUT2D eigenvalue weighted by atomic mass is 10.1. The molecule has 0 aromatic heterocycles. The summed E-state index contributed by atoms with van der Waals surface area (Å²) in [6, 6.07) is 1.74. The number of carbonyl (C=O) groups is 1. The number of amides is 2. The second-order valence-corrected chi connectivity index (χ2v) is 6.97. The first-order valence-electron chi connectivity index (χ1n) is 8.54. The fourth-order valence-corrected chi connectivity index (χ4v) is 3.41. The number of rotatable bonds is 6. The zero-order chi connectivity index (χ0) is 14.8. The summed E-state index contributed by atoms with van der Waals surface area (Å²) in [5.41, 5.74) is 0. The molecule has 1 atom stereocenters. The van der Waals surface area contributed by atoms with E-state index in [-0.39, 0.29) is 6.03 Å². The number of ether oxygens (including phenoxy) is 1. The van der Waals surface area contributed by atoms with E-state index in [4.69, 9.17) is 4.74 Å². The van der Waals surface area contributed by atoms with Crippen LogP contribution in [0.25, 0.3) is 0 Å².